The van der Waals surface area contributed by atoms with Gasteiger partial charge in [-0.05, 0) is 48.4 Å². The number of aliphatic hydroxyl groups excluding tert-OH is 2. The molecule has 124 valence electrons. The predicted octanol–water partition coefficient (Wildman–Crippen LogP) is 1.98. The van der Waals surface area contributed by atoms with E-state index in [2.05, 4.69) is 5.32 Å². The lowest BCUT2D eigenvalue weighted by Crippen LogP contribution is -2.29. The largest absolute Gasteiger partial charge is 0.399 e. The zero-order valence-corrected chi connectivity index (χ0v) is 13.5. The molecular weight excluding hydrogens is 290 g/mol. The number of hydrogen-bond acceptors (Lipinski definition) is 5. The molecule has 5 N–H and O–H groups in total. The van der Waals surface area contributed by atoms with Gasteiger partial charge in [0, 0.05) is 36.7 Å². The third kappa shape index (κ3) is 4.87. The third-order valence-corrected chi connectivity index (χ3v) is 3.81. The van der Waals surface area contributed by atoms with Gasteiger partial charge in [-0.15, -0.1) is 0 Å². The molecule has 2 rings (SSSR count). The van der Waals surface area contributed by atoms with Crippen LogP contribution in [0.15, 0.2) is 42.5 Å². The Bertz CT molecular complexity index is 608. The van der Waals surface area contributed by atoms with Crippen LogP contribution in [0.5, 0.6) is 0 Å². The molecule has 2 aromatic rings. The molecule has 0 spiro atoms. The monoisotopic (exact) mass is 315 g/mol. The number of nitrogens with zero attached hydrogens (tertiary/aromatic N) is 1. The summed E-state index contributed by atoms with van der Waals surface area (Å²) in [5.41, 5.74) is 10.9. The Morgan fingerprint density at radius 2 is 1.65 bits per heavy atom. The molecule has 0 radical (unpaired) electrons. The molecule has 0 bridgehead atoms. The summed E-state index contributed by atoms with van der Waals surface area (Å²) in [4.78, 5) is 1.96. The maximum Gasteiger partial charge on any atom is 0.0606 e. The lowest BCUT2D eigenvalue weighted by atomic mass is 10.1. The fourth-order valence-corrected chi connectivity index (χ4v) is 2.43. The molecule has 0 fully saturated rings. The maximum absolute atomic E-state index is 9.09. The van der Waals surface area contributed by atoms with Crippen molar-refractivity contribution in [3.05, 3.63) is 53.6 Å². The van der Waals surface area contributed by atoms with Gasteiger partial charge in [0.25, 0.3) is 0 Å². The Balaban J connectivity index is 1.97. The molecule has 0 amide bonds. The van der Waals surface area contributed by atoms with E-state index >= 15 is 0 Å². The van der Waals surface area contributed by atoms with Crippen LogP contribution in [-0.2, 0) is 6.54 Å². The molecule has 0 saturated heterocycles. The first-order valence-corrected chi connectivity index (χ1v) is 7.79. The minimum absolute atomic E-state index is 0.0692. The van der Waals surface area contributed by atoms with Crippen LogP contribution in [0.3, 0.4) is 0 Å². The normalized spacial score (nSPS) is 10.6. The second-order valence-corrected chi connectivity index (χ2v) is 5.53. The van der Waals surface area contributed by atoms with E-state index in [0.717, 1.165) is 34.7 Å². The van der Waals surface area contributed by atoms with Crippen molar-refractivity contribution in [3.8, 4) is 0 Å². The third-order valence-electron chi connectivity index (χ3n) is 3.81. The molecule has 0 saturated carbocycles. The van der Waals surface area contributed by atoms with Crippen molar-refractivity contribution in [3.63, 3.8) is 0 Å². The van der Waals surface area contributed by atoms with E-state index in [4.69, 9.17) is 15.9 Å². The first kappa shape index (κ1) is 17.1. The molecule has 0 aliphatic rings. The predicted molar refractivity (Wildman–Crippen MR) is 95.7 cm³/mol. The van der Waals surface area contributed by atoms with E-state index in [0.29, 0.717) is 13.1 Å². The molecule has 23 heavy (non-hydrogen) atoms. The smallest absolute Gasteiger partial charge is 0.0606 e. The van der Waals surface area contributed by atoms with E-state index < -0.39 is 0 Å². The quantitative estimate of drug-likeness (QED) is 0.560. The van der Waals surface area contributed by atoms with Gasteiger partial charge in [0.2, 0.25) is 0 Å². The highest BCUT2D eigenvalue weighted by molar-refractivity contribution is 5.57. The Morgan fingerprint density at radius 3 is 2.22 bits per heavy atom. The van der Waals surface area contributed by atoms with Crippen molar-refractivity contribution in [2.75, 3.05) is 42.3 Å². The van der Waals surface area contributed by atoms with Crippen LogP contribution >= 0.6 is 0 Å². The van der Waals surface area contributed by atoms with Crippen LogP contribution in [0.1, 0.15) is 11.1 Å². The van der Waals surface area contributed by atoms with Gasteiger partial charge in [-0.25, -0.2) is 0 Å². The minimum Gasteiger partial charge on any atom is -0.399 e. The highest BCUT2D eigenvalue weighted by atomic mass is 16.3. The Kier molecular flexibility index (Phi) is 6.26. The second-order valence-electron chi connectivity index (χ2n) is 5.53. The van der Waals surface area contributed by atoms with Crippen molar-refractivity contribution >= 4 is 17.1 Å². The molecule has 0 unspecified atom stereocenters. The van der Waals surface area contributed by atoms with Gasteiger partial charge in [-0.2, -0.15) is 0 Å². The molecule has 0 heterocycles. The number of benzene rings is 2. The van der Waals surface area contributed by atoms with Crippen LogP contribution in [0.4, 0.5) is 17.1 Å². The van der Waals surface area contributed by atoms with Crippen LogP contribution in [0.25, 0.3) is 0 Å². The summed E-state index contributed by atoms with van der Waals surface area (Å²) in [6, 6.07) is 14.0. The van der Waals surface area contributed by atoms with Crippen molar-refractivity contribution < 1.29 is 10.2 Å². The summed E-state index contributed by atoms with van der Waals surface area (Å²) in [5.74, 6) is 0. The van der Waals surface area contributed by atoms with Crippen LogP contribution in [0, 0.1) is 6.92 Å². The number of hydrogen-bond donors (Lipinski definition) is 4. The number of rotatable bonds is 8. The number of aliphatic hydroxyl groups is 2. The van der Waals surface area contributed by atoms with Gasteiger partial charge in [0.15, 0.2) is 0 Å². The van der Waals surface area contributed by atoms with Crippen LogP contribution in [0.2, 0.25) is 0 Å². The van der Waals surface area contributed by atoms with E-state index in [1.54, 1.807) is 0 Å². The molecule has 0 atom stereocenters. The molecule has 5 nitrogen and oxygen atoms in total. The van der Waals surface area contributed by atoms with Crippen molar-refractivity contribution in [2.45, 2.75) is 13.5 Å². The average molecular weight is 315 g/mol. The zero-order chi connectivity index (χ0) is 16.7. The number of nitrogens with one attached hydrogen (secondary N) is 1. The maximum atomic E-state index is 9.09. The van der Waals surface area contributed by atoms with E-state index in [1.807, 2.05) is 54.3 Å². The summed E-state index contributed by atoms with van der Waals surface area (Å²) < 4.78 is 0. The fraction of sp³-hybridized carbons (Fsp3) is 0.333. The number of aryl methyl sites for hydroxylation is 1. The topological polar surface area (TPSA) is 81.8 Å². The summed E-state index contributed by atoms with van der Waals surface area (Å²) in [6.07, 6.45) is 0. The van der Waals surface area contributed by atoms with Gasteiger partial charge in [-0.3, -0.25) is 0 Å². The van der Waals surface area contributed by atoms with Crippen molar-refractivity contribution in [1.82, 2.24) is 0 Å². The van der Waals surface area contributed by atoms with E-state index in [9.17, 15) is 0 Å². The number of nitrogen functional groups attached to an aromatic ring is 1. The first-order chi connectivity index (χ1) is 11.1. The molecule has 0 aliphatic carbocycles. The summed E-state index contributed by atoms with van der Waals surface area (Å²) in [6.45, 7) is 3.89. The highest BCUT2D eigenvalue weighted by Gasteiger charge is 2.05. The molecule has 5 heteroatoms. The highest BCUT2D eigenvalue weighted by Crippen LogP contribution is 2.19. The average Bonchev–Trinajstić information content (AvgIpc) is 2.56. The number of anilines is 3. The molecular formula is C18H25N3O2. The van der Waals surface area contributed by atoms with Crippen molar-refractivity contribution in [2.24, 2.45) is 0 Å². The first-order valence-electron chi connectivity index (χ1n) is 7.79. The standard InChI is InChI=1S/C18H25N3O2/c1-14-12-16(4-7-18(14)19)20-13-15-2-5-17(6-3-15)21(8-10-22)9-11-23/h2-7,12,20,22-23H,8-11,13,19H2,1H3. The minimum atomic E-state index is 0.0692. The van der Waals surface area contributed by atoms with E-state index in [1.165, 1.54) is 0 Å². The Hall–Kier alpha value is -2.24. The van der Waals surface area contributed by atoms with Crippen LogP contribution < -0.4 is 16.0 Å². The zero-order valence-electron chi connectivity index (χ0n) is 13.5. The van der Waals surface area contributed by atoms with Gasteiger partial charge in [0.05, 0.1) is 13.2 Å². The van der Waals surface area contributed by atoms with Gasteiger partial charge < -0.3 is 26.2 Å². The fourth-order valence-electron chi connectivity index (χ4n) is 2.43. The molecule has 2 aromatic carbocycles. The Labute approximate surface area is 137 Å². The van der Waals surface area contributed by atoms with Gasteiger partial charge >= 0.3 is 0 Å². The molecule has 0 aliphatic heterocycles. The van der Waals surface area contributed by atoms with Gasteiger partial charge in [0.1, 0.15) is 0 Å². The Morgan fingerprint density at radius 1 is 1.00 bits per heavy atom. The molecule has 0 aromatic heterocycles. The lowest BCUT2D eigenvalue weighted by Gasteiger charge is -2.23. The second kappa shape index (κ2) is 8.41. The lowest BCUT2D eigenvalue weighted by molar-refractivity contribution is 0.281. The van der Waals surface area contributed by atoms with Crippen molar-refractivity contribution in [1.29, 1.82) is 0 Å². The SMILES string of the molecule is Cc1cc(NCc2ccc(N(CCO)CCO)cc2)ccc1N. The summed E-state index contributed by atoms with van der Waals surface area (Å²) in [5, 5.41) is 21.6. The summed E-state index contributed by atoms with van der Waals surface area (Å²) >= 11 is 0. The van der Waals surface area contributed by atoms with Crippen LogP contribution in [-0.4, -0.2) is 36.5 Å². The van der Waals surface area contributed by atoms with Gasteiger partial charge in [-0.1, -0.05) is 12.1 Å². The summed E-state index contributed by atoms with van der Waals surface area (Å²) in [7, 11) is 0. The number of nitrogens with two attached hydrogens (primary N) is 1. The van der Waals surface area contributed by atoms with E-state index in [-0.39, 0.29) is 13.2 Å².